The fourth-order valence-corrected chi connectivity index (χ4v) is 2.26. The molecule has 9 heteroatoms. The average Bonchev–Trinajstić information content (AvgIpc) is 2.56. The number of carbonyl (C=O) groups excluding carboxylic acids is 2. The fraction of sp³-hybridized carbons (Fsp3) is 0.200. The molecule has 0 unspecified atom stereocenters. The molecule has 0 radical (unpaired) electrons. The van der Waals surface area contributed by atoms with Crippen molar-refractivity contribution >= 4 is 29.3 Å². The monoisotopic (exact) mass is 349 g/mol. The van der Waals surface area contributed by atoms with Gasteiger partial charge in [0.05, 0.1) is 0 Å². The van der Waals surface area contributed by atoms with Gasteiger partial charge in [-0.15, -0.1) is 11.8 Å². The van der Waals surface area contributed by atoms with Crippen LogP contribution in [0.15, 0.2) is 51.0 Å². The summed E-state index contributed by atoms with van der Waals surface area (Å²) in [6.07, 6.45) is 3.10. The number of rotatable bonds is 6. The number of nitrogens with zero attached hydrogens (tertiary/aromatic N) is 1. The number of thioether (sulfide) groups is 1. The lowest BCUT2D eigenvalue weighted by Crippen LogP contribution is -2.32. The Bertz CT molecular complexity index is 858. The van der Waals surface area contributed by atoms with Crippen LogP contribution >= 0.6 is 11.8 Å². The highest BCUT2D eigenvalue weighted by Crippen LogP contribution is 2.18. The van der Waals surface area contributed by atoms with E-state index >= 15 is 0 Å². The smallest absolute Gasteiger partial charge is 0.328 e. The molecule has 1 aromatic heterocycles. The summed E-state index contributed by atoms with van der Waals surface area (Å²) in [4.78, 5) is 48.8. The first-order valence-electron chi connectivity index (χ1n) is 6.87. The molecular formula is C15H15N3O5S. The summed E-state index contributed by atoms with van der Waals surface area (Å²) in [6.45, 7) is -0.870. The molecule has 2 aromatic rings. The molecule has 2 rings (SSSR count). The van der Waals surface area contributed by atoms with Crippen LogP contribution in [0.2, 0.25) is 0 Å². The van der Waals surface area contributed by atoms with Crippen molar-refractivity contribution in [2.75, 3.05) is 18.2 Å². The van der Waals surface area contributed by atoms with Gasteiger partial charge in [0, 0.05) is 22.8 Å². The zero-order valence-electron chi connectivity index (χ0n) is 12.8. The molecule has 0 saturated carbocycles. The summed E-state index contributed by atoms with van der Waals surface area (Å²) in [6, 6.07) is 8.34. The molecule has 126 valence electrons. The summed E-state index contributed by atoms with van der Waals surface area (Å²) in [5.74, 6) is -1.26. The number of amides is 1. The van der Waals surface area contributed by atoms with Gasteiger partial charge in [0.15, 0.2) is 6.61 Å². The number of esters is 1. The molecule has 1 amide bonds. The highest BCUT2D eigenvalue weighted by Gasteiger charge is 2.10. The third kappa shape index (κ3) is 5.13. The van der Waals surface area contributed by atoms with Gasteiger partial charge in [0.2, 0.25) is 0 Å². The largest absolute Gasteiger partial charge is 0.454 e. The summed E-state index contributed by atoms with van der Waals surface area (Å²) in [5, 5.41) is 2.61. The molecule has 24 heavy (non-hydrogen) atoms. The second kappa shape index (κ2) is 8.16. The SMILES string of the molecule is CSc1cccc(NC(=O)COC(=O)Cn2ccc(=O)[nH]c2=O)c1. The van der Waals surface area contributed by atoms with Crippen LogP contribution in [0.25, 0.3) is 0 Å². The van der Waals surface area contributed by atoms with Gasteiger partial charge in [-0.2, -0.15) is 0 Å². The Hall–Kier alpha value is -2.81. The van der Waals surface area contributed by atoms with Crippen molar-refractivity contribution in [2.24, 2.45) is 0 Å². The van der Waals surface area contributed by atoms with Crippen LogP contribution in [0.1, 0.15) is 0 Å². The van der Waals surface area contributed by atoms with Crippen molar-refractivity contribution in [1.29, 1.82) is 0 Å². The Kier molecular flexibility index (Phi) is 5.96. The minimum Gasteiger partial charge on any atom is -0.454 e. The number of aromatic amines is 1. The van der Waals surface area contributed by atoms with Crippen LogP contribution in [0.5, 0.6) is 0 Å². The maximum Gasteiger partial charge on any atom is 0.328 e. The van der Waals surface area contributed by atoms with Gasteiger partial charge in [-0.25, -0.2) is 4.79 Å². The third-order valence-corrected chi connectivity index (χ3v) is 3.64. The first kappa shape index (κ1) is 17.5. The first-order valence-corrected chi connectivity index (χ1v) is 8.09. The molecule has 0 atom stereocenters. The van der Waals surface area contributed by atoms with E-state index in [4.69, 9.17) is 4.74 Å². The van der Waals surface area contributed by atoms with Gasteiger partial charge in [-0.05, 0) is 24.5 Å². The van der Waals surface area contributed by atoms with Gasteiger partial charge in [0.25, 0.3) is 11.5 Å². The van der Waals surface area contributed by atoms with Crippen LogP contribution in [0, 0.1) is 0 Å². The van der Waals surface area contributed by atoms with E-state index < -0.39 is 36.3 Å². The highest BCUT2D eigenvalue weighted by atomic mass is 32.2. The molecule has 1 heterocycles. The molecule has 1 aromatic carbocycles. The van der Waals surface area contributed by atoms with E-state index in [9.17, 15) is 19.2 Å². The molecule has 0 aliphatic heterocycles. The number of hydrogen-bond acceptors (Lipinski definition) is 6. The zero-order valence-corrected chi connectivity index (χ0v) is 13.6. The maximum absolute atomic E-state index is 11.8. The predicted octanol–water partition coefficient (Wildman–Crippen LogP) is 0.440. The highest BCUT2D eigenvalue weighted by molar-refractivity contribution is 7.98. The number of H-pyrrole nitrogens is 1. The third-order valence-electron chi connectivity index (χ3n) is 2.91. The number of anilines is 1. The van der Waals surface area contributed by atoms with Gasteiger partial charge < -0.3 is 10.1 Å². The van der Waals surface area contributed by atoms with Crippen molar-refractivity contribution < 1.29 is 14.3 Å². The molecule has 2 N–H and O–H groups in total. The summed E-state index contributed by atoms with van der Waals surface area (Å²) >= 11 is 1.54. The molecule has 0 aliphatic rings. The molecule has 0 saturated heterocycles. The van der Waals surface area contributed by atoms with Crippen molar-refractivity contribution in [3.8, 4) is 0 Å². The number of carbonyl (C=O) groups is 2. The topological polar surface area (TPSA) is 110 Å². The Labute approximate surface area is 140 Å². The minimum absolute atomic E-state index is 0.398. The Morgan fingerprint density at radius 3 is 2.79 bits per heavy atom. The van der Waals surface area contributed by atoms with Crippen LogP contribution in [-0.4, -0.2) is 34.3 Å². The maximum atomic E-state index is 11.8. The Morgan fingerprint density at radius 2 is 2.08 bits per heavy atom. The quantitative estimate of drug-likeness (QED) is 0.578. The van der Waals surface area contributed by atoms with Gasteiger partial charge >= 0.3 is 11.7 Å². The molecular weight excluding hydrogens is 334 g/mol. The number of nitrogens with one attached hydrogen (secondary N) is 2. The molecule has 0 fully saturated rings. The van der Waals surface area contributed by atoms with E-state index in [1.807, 2.05) is 17.3 Å². The molecule has 0 bridgehead atoms. The lowest BCUT2D eigenvalue weighted by atomic mass is 10.3. The van der Waals surface area contributed by atoms with Gasteiger partial charge in [-0.1, -0.05) is 6.07 Å². The van der Waals surface area contributed by atoms with E-state index in [-0.39, 0.29) is 0 Å². The summed E-state index contributed by atoms with van der Waals surface area (Å²) < 4.78 is 5.79. The van der Waals surface area contributed by atoms with Crippen molar-refractivity contribution in [2.45, 2.75) is 11.4 Å². The van der Waals surface area contributed by atoms with E-state index in [0.29, 0.717) is 5.69 Å². The van der Waals surface area contributed by atoms with Gasteiger partial charge in [-0.3, -0.25) is 23.9 Å². The van der Waals surface area contributed by atoms with Crippen LogP contribution in [0.3, 0.4) is 0 Å². The number of hydrogen-bond donors (Lipinski definition) is 2. The van der Waals surface area contributed by atoms with Gasteiger partial charge in [0.1, 0.15) is 6.54 Å². The Morgan fingerprint density at radius 1 is 1.29 bits per heavy atom. The summed E-state index contributed by atoms with van der Waals surface area (Å²) in [7, 11) is 0. The number of benzene rings is 1. The lowest BCUT2D eigenvalue weighted by molar-refractivity contribution is -0.148. The van der Waals surface area contributed by atoms with Crippen molar-refractivity contribution in [3.63, 3.8) is 0 Å². The fourth-order valence-electron chi connectivity index (χ4n) is 1.80. The Balaban J connectivity index is 1.85. The van der Waals surface area contributed by atoms with E-state index in [1.54, 1.807) is 18.2 Å². The second-order valence-corrected chi connectivity index (χ2v) is 5.56. The number of aromatic nitrogens is 2. The first-order chi connectivity index (χ1) is 11.5. The average molecular weight is 349 g/mol. The summed E-state index contributed by atoms with van der Waals surface area (Å²) in [5.41, 5.74) is -0.686. The van der Waals surface area contributed by atoms with E-state index in [0.717, 1.165) is 15.5 Å². The van der Waals surface area contributed by atoms with Crippen molar-refractivity contribution in [1.82, 2.24) is 9.55 Å². The zero-order chi connectivity index (χ0) is 17.5. The van der Waals surface area contributed by atoms with E-state index in [2.05, 4.69) is 5.32 Å². The predicted molar refractivity (Wildman–Crippen MR) is 89.1 cm³/mol. The lowest BCUT2D eigenvalue weighted by Gasteiger charge is -2.08. The minimum atomic E-state index is -0.767. The van der Waals surface area contributed by atoms with Crippen LogP contribution in [0.4, 0.5) is 5.69 Å². The number of ether oxygens (including phenoxy) is 1. The van der Waals surface area contributed by atoms with E-state index in [1.165, 1.54) is 18.0 Å². The second-order valence-electron chi connectivity index (χ2n) is 4.68. The van der Waals surface area contributed by atoms with Crippen LogP contribution in [-0.2, 0) is 20.9 Å². The molecule has 0 spiro atoms. The van der Waals surface area contributed by atoms with Crippen molar-refractivity contribution in [3.05, 3.63) is 57.4 Å². The standard InChI is InChI=1S/C15H15N3O5S/c1-24-11-4-2-3-10(7-11)16-13(20)9-23-14(21)8-18-6-5-12(19)17-15(18)22/h2-7H,8-9H2,1H3,(H,16,20)(H,17,19,22). The normalized spacial score (nSPS) is 10.2. The molecule has 0 aliphatic carbocycles. The van der Waals surface area contributed by atoms with Crippen LogP contribution < -0.4 is 16.6 Å². The molecule has 8 nitrogen and oxygen atoms in total.